The predicted molar refractivity (Wildman–Crippen MR) is 71.9 cm³/mol. The number of aliphatic hydroxyl groups excluding tert-OH is 1. The van der Waals surface area contributed by atoms with Crippen molar-refractivity contribution in [2.45, 2.75) is 26.9 Å². The van der Waals surface area contributed by atoms with Crippen LogP contribution in [0.2, 0.25) is 0 Å². The molecule has 1 N–H and O–H groups in total. The Morgan fingerprint density at radius 1 is 1.17 bits per heavy atom. The van der Waals surface area contributed by atoms with Gasteiger partial charge in [0.25, 0.3) is 0 Å². The van der Waals surface area contributed by atoms with Crippen LogP contribution >= 0.6 is 0 Å². The lowest BCUT2D eigenvalue weighted by Crippen LogP contribution is -2.23. The second kappa shape index (κ2) is 5.02. The third-order valence-corrected chi connectivity index (χ3v) is 2.92. The molecule has 1 aromatic carbocycles. The number of ether oxygens (including phenoxy) is 2. The van der Waals surface area contributed by atoms with Crippen molar-refractivity contribution in [3.63, 3.8) is 0 Å². The first-order valence-electron chi connectivity index (χ1n) is 6.23. The van der Waals surface area contributed by atoms with Gasteiger partial charge in [0.15, 0.2) is 11.5 Å². The fourth-order valence-corrected chi connectivity index (χ4v) is 1.65. The Hall–Kier alpha value is -1.48. The van der Waals surface area contributed by atoms with E-state index in [-0.39, 0.29) is 5.41 Å². The van der Waals surface area contributed by atoms with Gasteiger partial charge in [-0.1, -0.05) is 39.0 Å². The lowest BCUT2D eigenvalue weighted by atomic mass is 9.89. The van der Waals surface area contributed by atoms with Gasteiger partial charge in [-0.15, -0.1) is 0 Å². The molecule has 18 heavy (non-hydrogen) atoms. The first-order chi connectivity index (χ1) is 8.47. The SMILES string of the molecule is CC(C)(C)C(O)C=Cc1ccc2c(c1)OCCO2. The van der Waals surface area contributed by atoms with Gasteiger partial charge < -0.3 is 14.6 Å². The second-order valence-electron chi connectivity index (χ2n) is 5.57. The van der Waals surface area contributed by atoms with E-state index >= 15 is 0 Å². The van der Waals surface area contributed by atoms with E-state index in [2.05, 4.69) is 0 Å². The highest BCUT2D eigenvalue weighted by atomic mass is 16.6. The largest absolute Gasteiger partial charge is 0.486 e. The summed E-state index contributed by atoms with van der Waals surface area (Å²) in [7, 11) is 0. The Kier molecular flexibility index (Phi) is 3.62. The maximum absolute atomic E-state index is 9.94. The minimum atomic E-state index is -0.467. The molecule has 0 saturated heterocycles. The molecular formula is C15H20O3. The van der Waals surface area contributed by atoms with E-state index < -0.39 is 6.10 Å². The summed E-state index contributed by atoms with van der Waals surface area (Å²) in [6.07, 6.45) is 3.25. The van der Waals surface area contributed by atoms with Crippen LogP contribution in [0.3, 0.4) is 0 Å². The van der Waals surface area contributed by atoms with E-state index in [0.29, 0.717) is 13.2 Å². The molecule has 0 aromatic heterocycles. The van der Waals surface area contributed by atoms with Crippen LogP contribution < -0.4 is 9.47 Å². The topological polar surface area (TPSA) is 38.7 Å². The lowest BCUT2D eigenvalue weighted by molar-refractivity contribution is 0.106. The molecule has 1 heterocycles. The molecule has 1 unspecified atom stereocenters. The summed E-state index contributed by atoms with van der Waals surface area (Å²) in [4.78, 5) is 0. The van der Waals surface area contributed by atoms with Crippen LogP contribution in [0.15, 0.2) is 24.3 Å². The standard InChI is InChI=1S/C15H20O3/c1-15(2,3)14(16)7-5-11-4-6-12-13(10-11)18-9-8-17-12/h4-7,10,14,16H,8-9H2,1-3H3. The molecule has 0 radical (unpaired) electrons. The molecule has 0 fully saturated rings. The number of hydrogen-bond donors (Lipinski definition) is 1. The summed E-state index contributed by atoms with van der Waals surface area (Å²) in [5.74, 6) is 1.56. The molecule has 0 spiro atoms. The summed E-state index contributed by atoms with van der Waals surface area (Å²) in [6.45, 7) is 7.21. The molecule has 0 aliphatic carbocycles. The average molecular weight is 248 g/mol. The van der Waals surface area contributed by atoms with Gasteiger partial charge in [-0.05, 0) is 23.1 Å². The van der Waals surface area contributed by atoms with E-state index in [1.165, 1.54) is 0 Å². The predicted octanol–water partition coefficient (Wildman–Crippen LogP) is 2.88. The molecular weight excluding hydrogens is 228 g/mol. The van der Waals surface area contributed by atoms with Crippen LogP contribution in [0.4, 0.5) is 0 Å². The van der Waals surface area contributed by atoms with Crippen LogP contribution in [0.25, 0.3) is 6.08 Å². The molecule has 1 atom stereocenters. The summed E-state index contributed by atoms with van der Waals surface area (Å²) < 4.78 is 11.0. The Balaban J connectivity index is 2.13. The minimum Gasteiger partial charge on any atom is -0.486 e. The van der Waals surface area contributed by atoms with E-state index in [1.54, 1.807) is 0 Å². The molecule has 2 rings (SSSR count). The van der Waals surface area contributed by atoms with Gasteiger partial charge in [-0.2, -0.15) is 0 Å². The molecule has 3 heteroatoms. The highest BCUT2D eigenvalue weighted by Gasteiger charge is 2.19. The van der Waals surface area contributed by atoms with Crippen molar-refractivity contribution < 1.29 is 14.6 Å². The van der Waals surface area contributed by atoms with Crippen LogP contribution in [-0.4, -0.2) is 24.4 Å². The summed E-state index contributed by atoms with van der Waals surface area (Å²) in [5.41, 5.74) is 0.854. The quantitative estimate of drug-likeness (QED) is 0.874. The van der Waals surface area contributed by atoms with E-state index in [0.717, 1.165) is 17.1 Å². The van der Waals surface area contributed by atoms with Gasteiger partial charge in [0, 0.05) is 0 Å². The van der Waals surface area contributed by atoms with Gasteiger partial charge in [0.05, 0.1) is 6.10 Å². The Morgan fingerprint density at radius 2 is 1.83 bits per heavy atom. The smallest absolute Gasteiger partial charge is 0.161 e. The van der Waals surface area contributed by atoms with Gasteiger partial charge in [-0.3, -0.25) is 0 Å². The van der Waals surface area contributed by atoms with Gasteiger partial charge in [0.2, 0.25) is 0 Å². The van der Waals surface area contributed by atoms with Crippen LogP contribution in [0.5, 0.6) is 11.5 Å². The summed E-state index contributed by atoms with van der Waals surface area (Å²) >= 11 is 0. The normalized spacial score (nSPS) is 16.9. The lowest BCUT2D eigenvalue weighted by Gasteiger charge is -2.22. The number of benzene rings is 1. The molecule has 0 amide bonds. The van der Waals surface area contributed by atoms with Crippen molar-refractivity contribution in [1.82, 2.24) is 0 Å². The first-order valence-corrected chi connectivity index (χ1v) is 6.23. The first kappa shape index (κ1) is 13.0. The maximum Gasteiger partial charge on any atom is 0.161 e. The minimum absolute atomic E-state index is 0.148. The van der Waals surface area contributed by atoms with Crippen molar-refractivity contribution in [3.8, 4) is 11.5 Å². The summed E-state index contributed by atoms with van der Waals surface area (Å²) in [6, 6.07) is 5.79. The second-order valence-corrected chi connectivity index (χ2v) is 5.57. The molecule has 0 saturated carbocycles. The third-order valence-electron chi connectivity index (χ3n) is 2.92. The number of rotatable bonds is 2. The monoisotopic (exact) mass is 248 g/mol. The van der Waals surface area contributed by atoms with Gasteiger partial charge in [0.1, 0.15) is 13.2 Å². The van der Waals surface area contributed by atoms with Gasteiger partial charge >= 0.3 is 0 Å². The zero-order valence-corrected chi connectivity index (χ0v) is 11.1. The third kappa shape index (κ3) is 3.05. The average Bonchev–Trinajstić information content (AvgIpc) is 2.34. The Morgan fingerprint density at radius 3 is 2.50 bits per heavy atom. The van der Waals surface area contributed by atoms with Crippen molar-refractivity contribution in [2.75, 3.05) is 13.2 Å². The molecule has 1 aliphatic rings. The highest BCUT2D eigenvalue weighted by molar-refractivity contribution is 5.56. The summed E-state index contributed by atoms with van der Waals surface area (Å²) in [5, 5.41) is 9.94. The zero-order chi connectivity index (χ0) is 13.2. The van der Waals surface area contributed by atoms with E-state index in [9.17, 15) is 5.11 Å². The number of hydrogen-bond acceptors (Lipinski definition) is 3. The fraction of sp³-hybridized carbons (Fsp3) is 0.467. The number of aliphatic hydroxyl groups is 1. The maximum atomic E-state index is 9.94. The molecule has 0 bridgehead atoms. The number of fused-ring (bicyclic) bond motifs is 1. The zero-order valence-electron chi connectivity index (χ0n) is 11.1. The van der Waals surface area contributed by atoms with Crippen molar-refractivity contribution in [3.05, 3.63) is 29.8 Å². The Bertz CT molecular complexity index is 444. The Labute approximate surface area is 108 Å². The van der Waals surface area contributed by atoms with Crippen LogP contribution in [0, 0.1) is 5.41 Å². The van der Waals surface area contributed by atoms with E-state index in [4.69, 9.17) is 9.47 Å². The van der Waals surface area contributed by atoms with Crippen molar-refractivity contribution >= 4 is 6.08 Å². The molecule has 98 valence electrons. The van der Waals surface area contributed by atoms with Gasteiger partial charge in [-0.25, -0.2) is 0 Å². The van der Waals surface area contributed by atoms with Crippen molar-refractivity contribution in [2.24, 2.45) is 5.41 Å². The van der Waals surface area contributed by atoms with Crippen LogP contribution in [-0.2, 0) is 0 Å². The van der Waals surface area contributed by atoms with Crippen molar-refractivity contribution in [1.29, 1.82) is 0 Å². The molecule has 1 aromatic rings. The van der Waals surface area contributed by atoms with E-state index in [1.807, 2.05) is 51.1 Å². The fourth-order valence-electron chi connectivity index (χ4n) is 1.65. The highest BCUT2D eigenvalue weighted by Crippen LogP contribution is 2.31. The molecule has 3 nitrogen and oxygen atoms in total. The molecule has 1 aliphatic heterocycles. The van der Waals surface area contributed by atoms with Crippen LogP contribution in [0.1, 0.15) is 26.3 Å².